The number of carbonyl (C=O) groups excluding carboxylic acids is 1. The molecular formula is C22H21F2N5O4. The number of pyridine rings is 2. The van der Waals surface area contributed by atoms with E-state index in [1.807, 2.05) is 0 Å². The number of aromatic nitrogens is 2. The molecular weight excluding hydrogens is 436 g/mol. The van der Waals surface area contributed by atoms with E-state index in [9.17, 15) is 9.18 Å². The average molecular weight is 457 g/mol. The number of nitrogens with two attached hydrogens (primary N) is 1. The minimum atomic E-state index is -1.50. The summed E-state index contributed by atoms with van der Waals surface area (Å²) in [5, 5.41) is 6.45. The number of nitrogens with one attached hydrogen (secondary N) is 2. The molecule has 2 atom stereocenters. The Morgan fingerprint density at radius 1 is 1.30 bits per heavy atom. The van der Waals surface area contributed by atoms with Gasteiger partial charge in [0.15, 0.2) is 5.82 Å². The highest BCUT2D eigenvalue weighted by Gasteiger charge is 2.25. The number of carbonyl (C=O) groups is 1. The molecule has 5 rings (SSSR count). The number of ether oxygens (including phenoxy) is 3. The van der Waals surface area contributed by atoms with Gasteiger partial charge in [-0.05, 0) is 30.0 Å². The van der Waals surface area contributed by atoms with Gasteiger partial charge in [-0.15, -0.1) is 0 Å². The van der Waals surface area contributed by atoms with E-state index in [4.69, 9.17) is 19.9 Å². The molecule has 1 saturated heterocycles. The highest BCUT2D eigenvalue weighted by atomic mass is 19.1. The molecule has 0 saturated carbocycles. The molecule has 0 radical (unpaired) electrons. The summed E-state index contributed by atoms with van der Waals surface area (Å²) in [6, 6.07) is 3.18. The third-order valence-corrected chi connectivity index (χ3v) is 5.66. The van der Waals surface area contributed by atoms with Gasteiger partial charge in [0.25, 0.3) is 6.36 Å². The second kappa shape index (κ2) is 8.32. The Bertz CT molecular complexity index is 1250. The average Bonchev–Trinajstić information content (AvgIpc) is 3.29. The fourth-order valence-electron chi connectivity index (χ4n) is 3.95. The summed E-state index contributed by atoms with van der Waals surface area (Å²) in [4.78, 5) is 20.4. The van der Waals surface area contributed by atoms with Crippen LogP contribution >= 0.6 is 0 Å². The summed E-state index contributed by atoms with van der Waals surface area (Å²) in [7, 11) is 0. The molecule has 1 fully saturated rings. The van der Waals surface area contributed by atoms with Gasteiger partial charge in [0.2, 0.25) is 5.88 Å². The molecule has 11 heteroatoms. The maximum atomic E-state index is 15.2. The van der Waals surface area contributed by atoms with E-state index in [1.54, 1.807) is 19.1 Å². The largest absolute Gasteiger partial charge is 0.443 e. The number of alkyl halides is 1. The monoisotopic (exact) mass is 457 g/mol. The minimum Gasteiger partial charge on any atom is -0.443 e. The first kappa shape index (κ1) is 21.1. The van der Waals surface area contributed by atoms with Crippen molar-refractivity contribution in [2.45, 2.75) is 25.8 Å². The van der Waals surface area contributed by atoms with E-state index in [0.717, 1.165) is 0 Å². The number of hydrogen-bond acceptors (Lipinski definition) is 8. The van der Waals surface area contributed by atoms with Gasteiger partial charge in [0.1, 0.15) is 17.6 Å². The number of halogens is 2. The second-order valence-electron chi connectivity index (χ2n) is 7.84. The van der Waals surface area contributed by atoms with Gasteiger partial charge in [-0.25, -0.2) is 19.2 Å². The summed E-state index contributed by atoms with van der Waals surface area (Å²) in [6.07, 6.45) is 0.984. The van der Waals surface area contributed by atoms with Crippen molar-refractivity contribution >= 4 is 34.1 Å². The van der Waals surface area contributed by atoms with Gasteiger partial charge in [-0.3, -0.25) is 5.32 Å². The Kier molecular flexibility index (Phi) is 5.33. The lowest BCUT2D eigenvalue weighted by Crippen LogP contribution is -2.27. The van der Waals surface area contributed by atoms with Crippen LogP contribution < -0.4 is 21.1 Å². The third kappa shape index (κ3) is 3.95. The van der Waals surface area contributed by atoms with Gasteiger partial charge in [-0.1, -0.05) is 0 Å². The normalized spacial score (nSPS) is 19.5. The lowest BCUT2D eigenvalue weighted by Gasteiger charge is -2.24. The van der Waals surface area contributed by atoms with Crippen LogP contribution in [0.15, 0.2) is 24.5 Å². The van der Waals surface area contributed by atoms with Gasteiger partial charge >= 0.3 is 6.09 Å². The molecule has 2 aliphatic heterocycles. The second-order valence-corrected chi connectivity index (χ2v) is 7.84. The Morgan fingerprint density at radius 3 is 2.94 bits per heavy atom. The summed E-state index contributed by atoms with van der Waals surface area (Å²) >= 11 is 0. The number of nitrogens with zero attached hydrogens (tertiary/aromatic N) is 2. The molecule has 33 heavy (non-hydrogen) atoms. The number of benzene rings is 1. The molecule has 0 bridgehead atoms. The van der Waals surface area contributed by atoms with Crippen molar-refractivity contribution in [2.24, 2.45) is 0 Å². The standard InChI is InChI=1S/C22H21F2N5O4/c1-10-14(6-28-21-20(10)27-8-16(23)33-21)13-4-11-5-17(26-7-15(11)19(25)18(13)24)29-22(30)32-12-2-3-31-9-12/h4-7,12,16,27H,2-3,8-9,25H2,1H3,(H,26,29,30)/t12-,16+/m1/s1. The highest BCUT2D eigenvalue weighted by molar-refractivity contribution is 5.99. The van der Waals surface area contributed by atoms with E-state index < -0.39 is 18.3 Å². The van der Waals surface area contributed by atoms with Crippen molar-refractivity contribution in [2.75, 3.05) is 36.1 Å². The molecule has 0 spiro atoms. The third-order valence-electron chi connectivity index (χ3n) is 5.66. The first-order chi connectivity index (χ1) is 15.9. The van der Waals surface area contributed by atoms with E-state index in [-0.39, 0.29) is 35.6 Å². The molecule has 4 N–H and O–H groups in total. The molecule has 1 aromatic carbocycles. The van der Waals surface area contributed by atoms with Crippen LogP contribution in [0.25, 0.3) is 21.9 Å². The van der Waals surface area contributed by atoms with Crippen LogP contribution in [0.1, 0.15) is 12.0 Å². The zero-order chi connectivity index (χ0) is 23.1. The van der Waals surface area contributed by atoms with Crippen LogP contribution in [0.5, 0.6) is 5.88 Å². The van der Waals surface area contributed by atoms with Crippen LogP contribution in [-0.4, -0.2) is 48.3 Å². The van der Waals surface area contributed by atoms with Crippen molar-refractivity contribution in [3.63, 3.8) is 0 Å². The first-order valence-corrected chi connectivity index (χ1v) is 10.4. The smallest absolute Gasteiger partial charge is 0.413 e. The van der Waals surface area contributed by atoms with Crippen molar-refractivity contribution in [3.8, 4) is 17.0 Å². The van der Waals surface area contributed by atoms with Crippen LogP contribution in [0, 0.1) is 12.7 Å². The maximum Gasteiger partial charge on any atom is 0.413 e. The molecule has 2 aromatic heterocycles. The molecule has 0 aliphatic carbocycles. The van der Waals surface area contributed by atoms with Crippen molar-refractivity contribution in [1.82, 2.24) is 9.97 Å². The predicted molar refractivity (Wildman–Crippen MR) is 117 cm³/mol. The molecule has 9 nitrogen and oxygen atoms in total. The number of anilines is 3. The van der Waals surface area contributed by atoms with Crippen LogP contribution in [0.2, 0.25) is 0 Å². The maximum absolute atomic E-state index is 15.2. The van der Waals surface area contributed by atoms with E-state index in [1.165, 1.54) is 12.4 Å². The van der Waals surface area contributed by atoms with Gasteiger partial charge in [0, 0.05) is 35.3 Å². The van der Waals surface area contributed by atoms with Crippen molar-refractivity contribution in [1.29, 1.82) is 0 Å². The lowest BCUT2D eigenvalue weighted by molar-refractivity contribution is 0.0688. The van der Waals surface area contributed by atoms with Crippen LogP contribution in [0.4, 0.5) is 30.8 Å². The molecule has 1 amide bonds. The number of nitrogen functional groups attached to an aromatic ring is 1. The lowest BCUT2D eigenvalue weighted by atomic mass is 9.97. The summed E-state index contributed by atoms with van der Waals surface area (Å²) in [5.74, 6) is -0.283. The van der Waals surface area contributed by atoms with Crippen LogP contribution in [0.3, 0.4) is 0 Å². The van der Waals surface area contributed by atoms with Gasteiger partial charge < -0.3 is 25.3 Å². The number of fused-ring (bicyclic) bond motifs is 2. The number of hydrogen-bond donors (Lipinski definition) is 3. The summed E-state index contributed by atoms with van der Waals surface area (Å²) in [6.45, 7) is 2.63. The summed E-state index contributed by atoms with van der Waals surface area (Å²) < 4.78 is 44.3. The Balaban J connectivity index is 1.50. The number of amides is 1. The Hall–Kier alpha value is -3.73. The number of rotatable bonds is 3. The van der Waals surface area contributed by atoms with E-state index in [0.29, 0.717) is 47.2 Å². The predicted octanol–water partition coefficient (Wildman–Crippen LogP) is 3.76. The van der Waals surface area contributed by atoms with Gasteiger partial charge in [0.05, 0.1) is 25.4 Å². The molecule has 0 unspecified atom stereocenters. The minimum absolute atomic E-state index is 0.0366. The Morgan fingerprint density at radius 2 is 2.15 bits per heavy atom. The SMILES string of the molecule is Cc1c(-c2cc3cc(NC(=O)O[C@@H]4CCOC4)ncc3c(N)c2F)cnc2c1NC[C@@H](F)O2. The van der Waals surface area contributed by atoms with Crippen LogP contribution in [-0.2, 0) is 9.47 Å². The fourth-order valence-corrected chi connectivity index (χ4v) is 3.95. The molecule has 4 heterocycles. The molecule has 2 aliphatic rings. The Labute approximate surface area is 187 Å². The van der Waals surface area contributed by atoms with Crippen molar-refractivity contribution in [3.05, 3.63) is 35.9 Å². The topological polar surface area (TPSA) is 121 Å². The zero-order valence-corrected chi connectivity index (χ0v) is 17.7. The van der Waals surface area contributed by atoms with E-state index >= 15 is 4.39 Å². The first-order valence-electron chi connectivity index (χ1n) is 10.4. The van der Waals surface area contributed by atoms with E-state index in [2.05, 4.69) is 20.6 Å². The fraction of sp³-hybridized carbons (Fsp3) is 0.318. The summed E-state index contributed by atoms with van der Waals surface area (Å²) in [5.41, 5.74) is 7.80. The quantitative estimate of drug-likeness (QED) is 0.509. The molecule has 3 aromatic rings. The zero-order valence-electron chi connectivity index (χ0n) is 17.7. The van der Waals surface area contributed by atoms with Gasteiger partial charge in [-0.2, -0.15) is 4.39 Å². The molecule has 172 valence electrons. The van der Waals surface area contributed by atoms with Crippen molar-refractivity contribution < 1.29 is 27.8 Å². The highest BCUT2D eigenvalue weighted by Crippen LogP contribution is 2.40.